The molecule has 0 aliphatic rings. The van der Waals surface area contributed by atoms with Gasteiger partial charge >= 0.3 is 0 Å². The van der Waals surface area contributed by atoms with Crippen molar-refractivity contribution < 1.29 is 4.74 Å². The van der Waals surface area contributed by atoms with Crippen LogP contribution in [-0.2, 0) is 0 Å². The molecule has 0 saturated heterocycles. The summed E-state index contributed by atoms with van der Waals surface area (Å²) in [7, 11) is 0. The zero-order chi connectivity index (χ0) is 14.9. The van der Waals surface area contributed by atoms with E-state index in [0.717, 1.165) is 31.9 Å². The van der Waals surface area contributed by atoms with Crippen molar-refractivity contribution in [2.45, 2.75) is 26.2 Å². The summed E-state index contributed by atoms with van der Waals surface area (Å²) < 4.78 is 5.83. The Kier molecular flexibility index (Phi) is 6.29. The van der Waals surface area contributed by atoms with Gasteiger partial charge in [0.25, 0.3) is 0 Å². The number of aryl methyl sites for hydroxylation is 1. The minimum Gasteiger partial charge on any atom is -0.494 e. The highest BCUT2D eigenvalue weighted by atomic mass is 16.5. The van der Waals surface area contributed by atoms with E-state index in [2.05, 4.69) is 43.4 Å². The highest BCUT2D eigenvalue weighted by molar-refractivity contribution is 5.25. The third-order valence-corrected chi connectivity index (χ3v) is 3.67. The smallest absolute Gasteiger partial charge is 0.119 e. The minimum absolute atomic E-state index is 0.495. The predicted octanol–water partition coefficient (Wildman–Crippen LogP) is 4.16. The van der Waals surface area contributed by atoms with E-state index in [4.69, 9.17) is 4.74 Å². The molecule has 0 heterocycles. The minimum atomic E-state index is 0.495. The van der Waals surface area contributed by atoms with E-state index in [1.54, 1.807) is 0 Å². The number of ether oxygens (including phenoxy) is 1. The number of para-hydroxylation sites is 1. The first-order chi connectivity index (χ1) is 10.3. The molecular weight excluding hydrogens is 258 g/mol. The van der Waals surface area contributed by atoms with Gasteiger partial charge < -0.3 is 10.1 Å². The van der Waals surface area contributed by atoms with Crippen LogP contribution in [0.2, 0.25) is 0 Å². The SMILES string of the molecule is CCNCC(CCOc1ccccc1)c1ccc(C)cc1. The van der Waals surface area contributed by atoms with Crippen molar-refractivity contribution in [3.63, 3.8) is 0 Å². The van der Waals surface area contributed by atoms with Crippen molar-refractivity contribution in [3.8, 4) is 5.75 Å². The molecule has 2 aromatic rings. The fourth-order valence-corrected chi connectivity index (χ4v) is 2.38. The van der Waals surface area contributed by atoms with Gasteiger partial charge in [0.15, 0.2) is 0 Å². The van der Waals surface area contributed by atoms with E-state index in [-0.39, 0.29) is 0 Å². The molecule has 0 saturated carbocycles. The summed E-state index contributed by atoms with van der Waals surface area (Å²) >= 11 is 0. The van der Waals surface area contributed by atoms with Crippen LogP contribution in [0.5, 0.6) is 5.75 Å². The summed E-state index contributed by atoms with van der Waals surface area (Å²) in [6.45, 7) is 7.02. The molecule has 1 atom stereocenters. The molecule has 0 bridgehead atoms. The first kappa shape index (κ1) is 15.6. The molecule has 112 valence electrons. The lowest BCUT2D eigenvalue weighted by Crippen LogP contribution is -2.22. The molecule has 0 amide bonds. The van der Waals surface area contributed by atoms with Crippen LogP contribution in [0.15, 0.2) is 54.6 Å². The summed E-state index contributed by atoms with van der Waals surface area (Å²) in [6, 6.07) is 18.9. The van der Waals surface area contributed by atoms with Crippen LogP contribution in [-0.4, -0.2) is 19.7 Å². The topological polar surface area (TPSA) is 21.3 Å². The maximum absolute atomic E-state index is 5.83. The van der Waals surface area contributed by atoms with Gasteiger partial charge in [-0.15, -0.1) is 0 Å². The summed E-state index contributed by atoms with van der Waals surface area (Å²) in [5, 5.41) is 3.45. The Morgan fingerprint density at radius 3 is 2.38 bits per heavy atom. The monoisotopic (exact) mass is 283 g/mol. The zero-order valence-corrected chi connectivity index (χ0v) is 13.0. The second-order valence-corrected chi connectivity index (χ2v) is 5.37. The molecule has 0 aromatic heterocycles. The Labute approximate surface area is 128 Å². The van der Waals surface area contributed by atoms with Crippen molar-refractivity contribution in [3.05, 3.63) is 65.7 Å². The summed E-state index contributed by atoms with van der Waals surface area (Å²) in [5.74, 6) is 1.44. The molecule has 21 heavy (non-hydrogen) atoms. The zero-order valence-electron chi connectivity index (χ0n) is 13.0. The summed E-state index contributed by atoms with van der Waals surface area (Å²) in [4.78, 5) is 0. The van der Waals surface area contributed by atoms with Crippen LogP contribution in [0, 0.1) is 6.92 Å². The first-order valence-corrected chi connectivity index (χ1v) is 7.74. The molecule has 2 nitrogen and oxygen atoms in total. The maximum atomic E-state index is 5.83. The van der Waals surface area contributed by atoms with Crippen molar-refractivity contribution in [2.75, 3.05) is 19.7 Å². The summed E-state index contributed by atoms with van der Waals surface area (Å²) in [5.41, 5.74) is 2.69. The molecular formula is C19H25NO. The molecule has 0 radical (unpaired) electrons. The number of nitrogens with one attached hydrogen (secondary N) is 1. The Bertz CT molecular complexity index is 507. The van der Waals surface area contributed by atoms with Gasteiger partial charge in [0.1, 0.15) is 5.75 Å². The number of hydrogen-bond acceptors (Lipinski definition) is 2. The normalized spacial score (nSPS) is 12.1. The quantitative estimate of drug-likeness (QED) is 0.785. The molecule has 0 fully saturated rings. The molecule has 0 spiro atoms. The molecule has 2 aromatic carbocycles. The van der Waals surface area contributed by atoms with Crippen LogP contribution in [0.3, 0.4) is 0 Å². The molecule has 1 unspecified atom stereocenters. The predicted molar refractivity (Wildman–Crippen MR) is 89.0 cm³/mol. The highest BCUT2D eigenvalue weighted by Crippen LogP contribution is 2.20. The van der Waals surface area contributed by atoms with E-state index >= 15 is 0 Å². The van der Waals surface area contributed by atoms with Crippen LogP contribution in [0.25, 0.3) is 0 Å². The standard InChI is InChI=1S/C19H25NO/c1-3-20-15-18(17-11-9-16(2)10-12-17)13-14-21-19-7-5-4-6-8-19/h4-12,18,20H,3,13-15H2,1-2H3. The number of hydrogen-bond donors (Lipinski definition) is 1. The second kappa shape index (κ2) is 8.48. The number of likely N-dealkylation sites (N-methyl/N-ethyl adjacent to an activating group) is 1. The lowest BCUT2D eigenvalue weighted by molar-refractivity contribution is 0.295. The Hall–Kier alpha value is -1.80. The second-order valence-electron chi connectivity index (χ2n) is 5.37. The molecule has 2 heteroatoms. The number of benzene rings is 2. The lowest BCUT2D eigenvalue weighted by atomic mass is 9.95. The third-order valence-electron chi connectivity index (χ3n) is 3.67. The number of rotatable bonds is 8. The largest absolute Gasteiger partial charge is 0.494 e. The first-order valence-electron chi connectivity index (χ1n) is 7.74. The van der Waals surface area contributed by atoms with E-state index in [1.165, 1.54) is 11.1 Å². The fraction of sp³-hybridized carbons (Fsp3) is 0.368. The average molecular weight is 283 g/mol. The van der Waals surface area contributed by atoms with E-state index in [0.29, 0.717) is 5.92 Å². The van der Waals surface area contributed by atoms with Crippen LogP contribution in [0.4, 0.5) is 0 Å². The van der Waals surface area contributed by atoms with Crippen molar-refractivity contribution in [1.29, 1.82) is 0 Å². The summed E-state index contributed by atoms with van der Waals surface area (Å²) in [6.07, 6.45) is 1.02. The van der Waals surface area contributed by atoms with Crippen LogP contribution < -0.4 is 10.1 Å². The highest BCUT2D eigenvalue weighted by Gasteiger charge is 2.11. The maximum Gasteiger partial charge on any atom is 0.119 e. The van der Waals surface area contributed by atoms with Gasteiger partial charge in [0.05, 0.1) is 6.61 Å². The van der Waals surface area contributed by atoms with Crippen molar-refractivity contribution in [2.24, 2.45) is 0 Å². The van der Waals surface area contributed by atoms with Gasteiger partial charge in [0, 0.05) is 6.54 Å². The molecule has 2 rings (SSSR count). The van der Waals surface area contributed by atoms with Crippen molar-refractivity contribution in [1.82, 2.24) is 5.32 Å². The molecule has 0 aliphatic carbocycles. The molecule has 0 aliphatic heterocycles. The Morgan fingerprint density at radius 1 is 1.00 bits per heavy atom. The Balaban J connectivity index is 1.91. The lowest BCUT2D eigenvalue weighted by Gasteiger charge is -2.18. The van der Waals surface area contributed by atoms with Gasteiger partial charge in [-0.2, -0.15) is 0 Å². The Morgan fingerprint density at radius 2 is 1.71 bits per heavy atom. The van der Waals surface area contributed by atoms with Gasteiger partial charge in [-0.25, -0.2) is 0 Å². The van der Waals surface area contributed by atoms with E-state index in [1.807, 2.05) is 30.3 Å². The van der Waals surface area contributed by atoms with Gasteiger partial charge in [-0.1, -0.05) is 55.0 Å². The van der Waals surface area contributed by atoms with Crippen molar-refractivity contribution >= 4 is 0 Å². The van der Waals surface area contributed by atoms with E-state index in [9.17, 15) is 0 Å². The fourth-order valence-electron chi connectivity index (χ4n) is 2.38. The van der Waals surface area contributed by atoms with Gasteiger partial charge in [0.2, 0.25) is 0 Å². The van der Waals surface area contributed by atoms with Crippen LogP contribution >= 0.6 is 0 Å². The average Bonchev–Trinajstić information content (AvgIpc) is 2.53. The van der Waals surface area contributed by atoms with E-state index < -0.39 is 0 Å². The van der Waals surface area contributed by atoms with Crippen LogP contribution in [0.1, 0.15) is 30.4 Å². The third kappa shape index (κ3) is 5.24. The van der Waals surface area contributed by atoms with Gasteiger partial charge in [-0.3, -0.25) is 0 Å². The molecule has 1 N–H and O–H groups in total. The van der Waals surface area contributed by atoms with Gasteiger partial charge in [-0.05, 0) is 43.5 Å².